The number of nitrogens with two attached hydrogens (primary N) is 1. The lowest BCUT2D eigenvalue weighted by molar-refractivity contribution is 0.115. The Morgan fingerprint density at radius 2 is 2.08 bits per heavy atom. The van der Waals surface area contributed by atoms with E-state index in [1.165, 1.54) is 0 Å². The number of phenolic OH excluding ortho intramolecular Hbond substituents is 1. The van der Waals surface area contributed by atoms with Crippen molar-refractivity contribution in [3.8, 4) is 5.75 Å². The highest BCUT2D eigenvalue weighted by Gasteiger charge is 2.46. The third kappa shape index (κ3) is 1.41. The van der Waals surface area contributed by atoms with E-state index in [4.69, 9.17) is 5.90 Å². The number of hydrogen-bond acceptors (Lipinski definition) is 3. The molecule has 3 nitrogen and oxygen atoms in total. The minimum absolute atomic E-state index is 0.0138. The average molecular weight is 179 g/mol. The van der Waals surface area contributed by atoms with Gasteiger partial charge in [-0.2, -0.15) is 0 Å². The molecule has 1 aliphatic carbocycles. The van der Waals surface area contributed by atoms with Crippen LogP contribution < -0.4 is 5.90 Å². The molecule has 0 radical (unpaired) electrons. The Labute approximate surface area is 77.1 Å². The lowest BCUT2D eigenvalue weighted by atomic mass is 9.96. The van der Waals surface area contributed by atoms with Crippen LogP contribution in [0.3, 0.4) is 0 Å². The molecule has 0 atom stereocenters. The van der Waals surface area contributed by atoms with Crippen LogP contribution in [0.2, 0.25) is 0 Å². The fraction of sp³-hybridized carbons (Fsp3) is 0.400. The summed E-state index contributed by atoms with van der Waals surface area (Å²) < 4.78 is 0. The molecule has 13 heavy (non-hydrogen) atoms. The van der Waals surface area contributed by atoms with Crippen LogP contribution in [0.1, 0.15) is 18.4 Å². The van der Waals surface area contributed by atoms with Crippen molar-refractivity contribution in [2.45, 2.75) is 18.3 Å². The first-order valence-corrected chi connectivity index (χ1v) is 4.39. The SMILES string of the molecule is NOCC1(c2ccccc2O)CC1. The lowest BCUT2D eigenvalue weighted by Crippen LogP contribution is -2.18. The monoisotopic (exact) mass is 179 g/mol. The van der Waals surface area contributed by atoms with Crippen LogP contribution in [-0.2, 0) is 10.3 Å². The zero-order valence-corrected chi connectivity index (χ0v) is 7.36. The standard InChI is InChI=1S/C10H13NO2/c11-13-7-10(5-6-10)8-3-1-2-4-9(8)12/h1-4,12H,5-7,11H2. The van der Waals surface area contributed by atoms with Gasteiger partial charge in [0.2, 0.25) is 0 Å². The highest BCUT2D eigenvalue weighted by Crippen LogP contribution is 2.50. The molecule has 0 saturated heterocycles. The number of rotatable bonds is 3. The molecule has 0 aliphatic heterocycles. The van der Waals surface area contributed by atoms with Gasteiger partial charge in [-0.1, -0.05) is 18.2 Å². The minimum atomic E-state index is -0.0138. The molecule has 0 spiro atoms. The summed E-state index contributed by atoms with van der Waals surface area (Å²) >= 11 is 0. The zero-order valence-electron chi connectivity index (χ0n) is 7.36. The van der Waals surface area contributed by atoms with Gasteiger partial charge in [-0.15, -0.1) is 0 Å². The summed E-state index contributed by atoms with van der Waals surface area (Å²) in [4.78, 5) is 4.67. The normalized spacial score (nSPS) is 18.5. The quantitative estimate of drug-likeness (QED) is 0.688. The molecule has 0 unspecified atom stereocenters. The molecule has 0 amide bonds. The van der Waals surface area contributed by atoms with Gasteiger partial charge in [0.25, 0.3) is 0 Å². The number of aromatic hydroxyl groups is 1. The maximum Gasteiger partial charge on any atom is 0.119 e. The van der Waals surface area contributed by atoms with Crippen LogP contribution in [0.15, 0.2) is 24.3 Å². The van der Waals surface area contributed by atoms with E-state index in [9.17, 15) is 5.11 Å². The predicted molar refractivity (Wildman–Crippen MR) is 49.2 cm³/mol. The van der Waals surface area contributed by atoms with E-state index < -0.39 is 0 Å². The Hall–Kier alpha value is -1.06. The lowest BCUT2D eigenvalue weighted by Gasteiger charge is -2.14. The molecule has 0 heterocycles. The summed E-state index contributed by atoms with van der Waals surface area (Å²) in [5, 5.41) is 9.62. The fourth-order valence-corrected chi connectivity index (χ4v) is 1.72. The second-order valence-electron chi connectivity index (χ2n) is 3.61. The smallest absolute Gasteiger partial charge is 0.119 e. The molecule has 1 aromatic rings. The van der Waals surface area contributed by atoms with Crippen LogP contribution in [0.5, 0.6) is 5.75 Å². The number of hydrogen-bond donors (Lipinski definition) is 2. The van der Waals surface area contributed by atoms with Gasteiger partial charge in [-0.25, -0.2) is 5.90 Å². The van der Waals surface area contributed by atoms with E-state index in [-0.39, 0.29) is 5.41 Å². The summed E-state index contributed by atoms with van der Waals surface area (Å²) in [7, 11) is 0. The molecule has 1 fully saturated rings. The number of benzene rings is 1. The molecular formula is C10H13NO2. The topological polar surface area (TPSA) is 55.5 Å². The van der Waals surface area contributed by atoms with Gasteiger partial charge < -0.3 is 9.94 Å². The predicted octanol–water partition coefficient (Wildman–Crippen LogP) is 1.31. The molecule has 1 saturated carbocycles. The van der Waals surface area contributed by atoms with Gasteiger partial charge in [0.15, 0.2) is 0 Å². The van der Waals surface area contributed by atoms with Crippen molar-refractivity contribution in [2.75, 3.05) is 6.61 Å². The summed E-state index contributed by atoms with van der Waals surface area (Å²) in [6.45, 7) is 0.491. The number of phenols is 1. The summed E-state index contributed by atoms with van der Waals surface area (Å²) in [5.74, 6) is 5.40. The number of para-hydroxylation sites is 1. The third-order valence-electron chi connectivity index (χ3n) is 2.69. The molecule has 1 aliphatic rings. The van der Waals surface area contributed by atoms with Crippen LogP contribution in [-0.4, -0.2) is 11.7 Å². The maximum atomic E-state index is 9.62. The van der Waals surface area contributed by atoms with E-state index in [1.807, 2.05) is 18.2 Å². The summed E-state index contributed by atoms with van der Waals surface area (Å²) in [6.07, 6.45) is 2.09. The second kappa shape index (κ2) is 3.01. The van der Waals surface area contributed by atoms with Crippen LogP contribution in [0.4, 0.5) is 0 Å². The van der Waals surface area contributed by atoms with Crippen molar-refractivity contribution in [3.63, 3.8) is 0 Å². The van der Waals surface area contributed by atoms with Gasteiger partial charge in [-0.05, 0) is 18.9 Å². The van der Waals surface area contributed by atoms with E-state index >= 15 is 0 Å². The summed E-state index contributed by atoms with van der Waals surface area (Å²) in [5.41, 5.74) is 0.945. The van der Waals surface area contributed by atoms with Crippen molar-refractivity contribution in [3.05, 3.63) is 29.8 Å². The minimum Gasteiger partial charge on any atom is -0.508 e. The molecule has 1 aromatic carbocycles. The van der Waals surface area contributed by atoms with Crippen molar-refractivity contribution in [2.24, 2.45) is 5.90 Å². The zero-order chi connectivity index (χ0) is 9.31. The van der Waals surface area contributed by atoms with Crippen molar-refractivity contribution in [1.29, 1.82) is 0 Å². The Kier molecular flexibility index (Phi) is 1.98. The first kappa shape index (κ1) is 8.53. The van der Waals surface area contributed by atoms with Crippen LogP contribution in [0, 0.1) is 0 Å². The van der Waals surface area contributed by atoms with Crippen LogP contribution in [0.25, 0.3) is 0 Å². The summed E-state index contributed by atoms with van der Waals surface area (Å²) in [6, 6.07) is 7.37. The van der Waals surface area contributed by atoms with Gasteiger partial charge in [0.1, 0.15) is 5.75 Å². The largest absolute Gasteiger partial charge is 0.508 e. The van der Waals surface area contributed by atoms with Crippen molar-refractivity contribution >= 4 is 0 Å². The van der Waals surface area contributed by atoms with Gasteiger partial charge >= 0.3 is 0 Å². The first-order valence-electron chi connectivity index (χ1n) is 4.39. The fourth-order valence-electron chi connectivity index (χ4n) is 1.72. The van der Waals surface area contributed by atoms with E-state index in [0.717, 1.165) is 18.4 Å². The molecule has 3 N–H and O–H groups in total. The Morgan fingerprint density at radius 3 is 2.62 bits per heavy atom. The van der Waals surface area contributed by atoms with Crippen molar-refractivity contribution in [1.82, 2.24) is 0 Å². The highest BCUT2D eigenvalue weighted by molar-refractivity contribution is 5.42. The molecule has 0 aromatic heterocycles. The second-order valence-corrected chi connectivity index (χ2v) is 3.61. The van der Waals surface area contributed by atoms with Crippen molar-refractivity contribution < 1.29 is 9.94 Å². The Balaban J connectivity index is 2.30. The van der Waals surface area contributed by atoms with E-state index in [2.05, 4.69) is 4.84 Å². The molecule has 70 valence electrons. The maximum absolute atomic E-state index is 9.62. The van der Waals surface area contributed by atoms with Gasteiger partial charge in [-0.3, -0.25) is 0 Å². The average Bonchev–Trinajstić information content (AvgIpc) is 2.87. The highest BCUT2D eigenvalue weighted by atomic mass is 16.6. The van der Waals surface area contributed by atoms with E-state index in [0.29, 0.717) is 12.4 Å². The Morgan fingerprint density at radius 1 is 1.38 bits per heavy atom. The molecular weight excluding hydrogens is 166 g/mol. The van der Waals surface area contributed by atoms with Crippen LogP contribution >= 0.6 is 0 Å². The van der Waals surface area contributed by atoms with E-state index in [1.54, 1.807) is 6.07 Å². The van der Waals surface area contributed by atoms with Gasteiger partial charge in [0.05, 0.1) is 6.61 Å². The third-order valence-corrected chi connectivity index (χ3v) is 2.69. The van der Waals surface area contributed by atoms with Gasteiger partial charge in [0, 0.05) is 11.0 Å². The molecule has 0 bridgehead atoms. The molecule has 2 rings (SSSR count). The molecule has 3 heteroatoms. The Bertz CT molecular complexity index is 308. The first-order chi connectivity index (χ1) is 6.28.